The van der Waals surface area contributed by atoms with Gasteiger partial charge in [-0.3, -0.25) is 9.59 Å². The first-order valence-corrected chi connectivity index (χ1v) is 13.4. The van der Waals surface area contributed by atoms with Crippen LogP contribution in [0.3, 0.4) is 0 Å². The summed E-state index contributed by atoms with van der Waals surface area (Å²) in [6, 6.07) is 12.3. The van der Waals surface area contributed by atoms with Gasteiger partial charge in [0.15, 0.2) is 29.1 Å². The number of rotatable bonds is 7. The SMILES string of the molecule is CCOc1ccc([C@@H]2C(=O)N(C3CCCCCC3)CC(=O)N2C[C@@H]2COc3ccccc3O2)cc1OC. The molecule has 8 heteroatoms. The lowest BCUT2D eigenvalue weighted by Crippen LogP contribution is -2.60. The minimum atomic E-state index is -0.769. The smallest absolute Gasteiger partial charge is 0.250 e. The molecule has 1 aliphatic carbocycles. The first-order chi connectivity index (χ1) is 18.1. The lowest BCUT2D eigenvalue weighted by Gasteiger charge is -2.44. The summed E-state index contributed by atoms with van der Waals surface area (Å²) in [6.45, 7) is 3.06. The molecule has 2 aliphatic heterocycles. The summed E-state index contributed by atoms with van der Waals surface area (Å²) >= 11 is 0. The van der Waals surface area contributed by atoms with E-state index in [9.17, 15) is 9.59 Å². The van der Waals surface area contributed by atoms with Crippen molar-refractivity contribution in [3.8, 4) is 23.0 Å². The summed E-state index contributed by atoms with van der Waals surface area (Å²) in [6.07, 6.45) is 6.02. The fourth-order valence-electron chi connectivity index (χ4n) is 5.66. The lowest BCUT2D eigenvalue weighted by atomic mass is 9.96. The molecule has 0 aromatic heterocycles. The number of carbonyl (C=O) groups is 2. The van der Waals surface area contributed by atoms with Gasteiger partial charge in [0.2, 0.25) is 5.91 Å². The summed E-state index contributed by atoms with van der Waals surface area (Å²) in [5, 5.41) is 0. The molecule has 0 spiro atoms. The van der Waals surface area contributed by atoms with Gasteiger partial charge in [0.05, 0.1) is 20.3 Å². The van der Waals surface area contributed by atoms with Crippen LogP contribution < -0.4 is 18.9 Å². The highest BCUT2D eigenvalue weighted by Gasteiger charge is 2.44. The number of nitrogens with zero attached hydrogens (tertiary/aromatic N) is 2. The topological polar surface area (TPSA) is 77.5 Å². The normalized spacial score (nSPS) is 22.5. The van der Waals surface area contributed by atoms with Gasteiger partial charge in [-0.15, -0.1) is 0 Å². The number of ether oxygens (including phenoxy) is 4. The van der Waals surface area contributed by atoms with Gasteiger partial charge in [-0.2, -0.15) is 0 Å². The van der Waals surface area contributed by atoms with Crippen molar-refractivity contribution < 1.29 is 28.5 Å². The average molecular weight is 509 g/mol. The van der Waals surface area contributed by atoms with Gasteiger partial charge in [0, 0.05) is 6.04 Å². The Morgan fingerprint density at radius 1 is 0.973 bits per heavy atom. The van der Waals surface area contributed by atoms with E-state index in [-0.39, 0.29) is 37.0 Å². The molecule has 2 aromatic rings. The number of piperazine rings is 1. The Bertz CT molecular complexity index is 1110. The number of hydrogen-bond acceptors (Lipinski definition) is 6. The number of amides is 2. The van der Waals surface area contributed by atoms with Gasteiger partial charge in [-0.1, -0.05) is 43.9 Å². The lowest BCUT2D eigenvalue weighted by molar-refractivity contribution is -0.160. The van der Waals surface area contributed by atoms with Crippen LogP contribution in [0.25, 0.3) is 0 Å². The number of hydrogen-bond donors (Lipinski definition) is 0. The molecule has 3 aliphatic rings. The summed E-state index contributed by atoms with van der Waals surface area (Å²) in [4.78, 5) is 31.3. The van der Waals surface area contributed by atoms with E-state index in [0.717, 1.165) is 25.7 Å². The zero-order valence-corrected chi connectivity index (χ0v) is 21.7. The molecule has 2 fully saturated rings. The van der Waals surface area contributed by atoms with E-state index in [1.54, 1.807) is 12.0 Å². The van der Waals surface area contributed by atoms with E-state index in [1.165, 1.54) is 12.8 Å². The molecule has 2 aromatic carbocycles. The Labute approximate surface area is 218 Å². The second-order valence-corrected chi connectivity index (χ2v) is 9.90. The van der Waals surface area contributed by atoms with E-state index in [0.29, 0.717) is 41.8 Å². The Kier molecular flexibility index (Phi) is 7.72. The van der Waals surface area contributed by atoms with E-state index in [2.05, 4.69) is 0 Å². The standard InChI is InChI=1S/C29H36N2O6/c1-3-35-24-15-14-20(16-26(24)34-2)28-29(33)30(21-10-6-4-5-7-11-21)18-27(32)31(28)17-22-19-36-23-12-8-9-13-25(23)37-22/h8-9,12-16,21-22,28H,3-7,10-11,17-19H2,1-2H3/t22-,28-/m1/s1. The van der Waals surface area contributed by atoms with Gasteiger partial charge in [-0.25, -0.2) is 0 Å². The highest BCUT2D eigenvalue weighted by Crippen LogP contribution is 2.38. The number of methoxy groups -OCH3 is 1. The summed E-state index contributed by atoms with van der Waals surface area (Å²) in [5.74, 6) is 2.36. The summed E-state index contributed by atoms with van der Waals surface area (Å²) < 4.78 is 23.3. The molecular formula is C29H36N2O6. The Hall–Kier alpha value is -3.42. The van der Waals surface area contributed by atoms with Crippen molar-refractivity contribution in [3.05, 3.63) is 48.0 Å². The first kappa shape index (κ1) is 25.2. The molecule has 1 saturated carbocycles. The molecule has 5 rings (SSSR count). The van der Waals surface area contributed by atoms with Crippen LogP contribution in [0.1, 0.15) is 57.1 Å². The largest absolute Gasteiger partial charge is 0.493 e. The Morgan fingerprint density at radius 2 is 1.73 bits per heavy atom. The van der Waals surface area contributed by atoms with Crippen molar-refractivity contribution in [3.63, 3.8) is 0 Å². The zero-order valence-electron chi connectivity index (χ0n) is 21.7. The Balaban J connectivity index is 1.46. The molecule has 0 bridgehead atoms. The minimum absolute atomic E-state index is 0.0464. The van der Waals surface area contributed by atoms with Crippen LogP contribution in [-0.4, -0.2) is 67.2 Å². The quantitative estimate of drug-likeness (QED) is 0.517. The van der Waals surface area contributed by atoms with E-state index in [1.807, 2.05) is 54.3 Å². The van der Waals surface area contributed by atoms with Crippen molar-refractivity contribution >= 4 is 11.8 Å². The van der Waals surface area contributed by atoms with Crippen molar-refractivity contribution in [1.29, 1.82) is 0 Å². The molecular weight excluding hydrogens is 472 g/mol. The first-order valence-electron chi connectivity index (χ1n) is 13.4. The number of para-hydroxylation sites is 2. The highest BCUT2D eigenvalue weighted by molar-refractivity contribution is 5.96. The monoisotopic (exact) mass is 508 g/mol. The predicted octanol–water partition coefficient (Wildman–Crippen LogP) is 4.37. The maximum Gasteiger partial charge on any atom is 0.250 e. The molecule has 198 valence electrons. The van der Waals surface area contributed by atoms with Gasteiger partial charge in [0.25, 0.3) is 5.91 Å². The maximum atomic E-state index is 14.1. The molecule has 37 heavy (non-hydrogen) atoms. The number of fused-ring (bicyclic) bond motifs is 1. The van der Waals surface area contributed by atoms with Crippen LogP contribution in [0.2, 0.25) is 0 Å². The fourth-order valence-corrected chi connectivity index (χ4v) is 5.66. The second kappa shape index (κ2) is 11.3. The van der Waals surface area contributed by atoms with Crippen LogP contribution in [0, 0.1) is 0 Å². The van der Waals surface area contributed by atoms with Crippen molar-refractivity contribution in [2.45, 2.75) is 63.6 Å². The Morgan fingerprint density at radius 3 is 2.46 bits per heavy atom. The van der Waals surface area contributed by atoms with Crippen LogP contribution in [-0.2, 0) is 9.59 Å². The van der Waals surface area contributed by atoms with Crippen LogP contribution in [0.5, 0.6) is 23.0 Å². The highest BCUT2D eigenvalue weighted by atomic mass is 16.6. The average Bonchev–Trinajstić information content (AvgIpc) is 3.21. The summed E-state index contributed by atoms with van der Waals surface area (Å²) in [7, 11) is 1.58. The fraction of sp³-hybridized carbons (Fsp3) is 0.517. The van der Waals surface area contributed by atoms with Gasteiger partial charge in [0.1, 0.15) is 19.2 Å². The molecule has 0 radical (unpaired) electrons. The van der Waals surface area contributed by atoms with E-state index in [4.69, 9.17) is 18.9 Å². The van der Waals surface area contributed by atoms with Crippen LogP contribution in [0.4, 0.5) is 0 Å². The molecule has 8 nitrogen and oxygen atoms in total. The minimum Gasteiger partial charge on any atom is -0.493 e. The molecule has 2 heterocycles. The number of benzene rings is 2. The van der Waals surface area contributed by atoms with Crippen LogP contribution in [0.15, 0.2) is 42.5 Å². The van der Waals surface area contributed by atoms with Crippen molar-refractivity contribution in [2.75, 3.05) is 33.4 Å². The second-order valence-electron chi connectivity index (χ2n) is 9.90. The van der Waals surface area contributed by atoms with E-state index >= 15 is 0 Å². The molecule has 0 N–H and O–H groups in total. The molecule has 0 unspecified atom stereocenters. The molecule has 2 amide bonds. The number of carbonyl (C=O) groups excluding carboxylic acids is 2. The van der Waals surface area contributed by atoms with Gasteiger partial charge < -0.3 is 28.7 Å². The zero-order chi connectivity index (χ0) is 25.8. The van der Waals surface area contributed by atoms with Gasteiger partial charge >= 0.3 is 0 Å². The molecule has 1 saturated heterocycles. The third-order valence-electron chi connectivity index (χ3n) is 7.49. The van der Waals surface area contributed by atoms with E-state index < -0.39 is 6.04 Å². The third kappa shape index (κ3) is 5.33. The predicted molar refractivity (Wildman–Crippen MR) is 138 cm³/mol. The third-order valence-corrected chi connectivity index (χ3v) is 7.49. The van der Waals surface area contributed by atoms with Crippen molar-refractivity contribution in [2.24, 2.45) is 0 Å². The molecule has 2 atom stereocenters. The van der Waals surface area contributed by atoms with Gasteiger partial charge in [-0.05, 0) is 49.6 Å². The van der Waals surface area contributed by atoms with Crippen molar-refractivity contribution in [1.82, 2.24) is 9.80 Å². The summed E-state index contributed by atoms with van der Waals surface area (Å²) in [5.41, 5.74) is 0.703. The van der Waals surface area contributed by atoms with Crippen LogP contribution >= 0.6 is 0 Å². The maximum absolute atomic E-state index is 14.1.